The lowest BCUT2D eigenvalue weighted by Gasteiger charge is -2.25. The monoisotopic (exact) mass is 227 g/mol. The minimum atomic E-state index is 0.400. The molecule has 0 aromatic carbocycles. The van der Waals surface area contributed by atoms with Crippen LogP contribution in [0, 0.1) is 11.8 Å². The number of likely N-dealkylation sites (N-methyl/N-ethyl adjacent to an activating group) is 1. The van der Waals surface area contributed by atoms with Crippen LogP contribution in [-0.2, 0) is 4.74 Å². The highest BCUT2D eigenvalue weighted by molar-refractivity contribution is 4.79. The average Bonchev–Trinajstić information content (AvgIpc) is 2.71. The van der Waals surface area contributed by atoms with Gasteiger partial charge in [-0.1, -0.05) is 26.7 Å². The van der Waals surface area contributed by atoms with Crippen LogP contribution >= 0.6 is 0 Å². The van der Waals surface area contributed by atoms with Gasteiger partial charge in [0, 0.05) is 6.04 Å². The molecular weight excluding hydrogens is 198 g/mol. The van der Waals surface area contributed by atoms with Gasteiger partial charge in [0.1, 0.15) is 0 Å². The van der Waals surface area contributed by atoms with E-state index in [1.165, 1.54) is 32.1 Å². The minimum absolute atomic E-state index is 0.400. The van der Waals surface area contributed by atoms with Crippen LogP contribution in [-0.4, -0.2) is 25.8 Å². The molecule has 0 radical (unpaired) electrons. The number of hydrogen-bond acceptors (Lipinski definition) is 2. The number of nitrogens with one attached hydrogen (secondary N) is 1. The van der Waals surface area contributed by atoms with Crippen molar-refractivity contribution >= 4 is 0 Å². The zero-order chi connectivity index (χ0) is 12.0. The van der Waals surface area contributed by atoms with E-state index in [4.69, 9.17) is 4.74 Å². The van der Waals surface area contributed by atoms with Gasteiger partial charge < -0.3 is 10.1 Å². The summed E-state index contributed by atoms with van der Waals surface area (Å²) in [6, 6.07) is 0.567. The molecule has 96 valence electrons. The maximum absolute atomic E-state index is 5.96. The van der Waals surface area contributed by atoms with E-state index in [0.717, 1.165) is 18.4 Å². The molecule has 1 saturated carbocycles. The van der Waals surface area contributed by atoms with E-state index < -0.39 is 0 Å². The van der Waals surface area contributed by atoms with Gasteiger partial charge in [-0.3, -0.25) is 0 Å². The van der Waals surface area contributed by atoms with Crippen molar-refractivity contribution in [1.82, 2.24) is 5.32 Å². The Hall–Kier alpha value is -0.0800. The molecule has 0 amide bonds. The van der Waals surface area contributed by atoms with E-state index in [1.807, 2.05) is 0 Å². The molecule has 2 nitrogen and oxygen atoms in total. The zero-order valence-electron chi connectivity index (χ0n) is 11.5. The molecule has 0 heterocycles. The Morgan fingerprint density at radius 1 is 1.19 bits per heavy atom. The fraction of sp³-hybridized carbons (Fsp3) is 1.00. The fourth-order valence-electron chi connectivity index (χ4n) is 2.81. The first-order valence-electron chi connectivity index (χ1n) is 6.92. The molecule has 2 unspecified atom stereocenters. The fourth-order valence-corrected chi connectivity index (χ4v) is 2.81. The summed E-state index contributed by atoms with van der Waals surface area (Å²) in [7, 11) is 2.07. The molecule has 1 N–H and O–H groups in total. The van der Waals surface area contributed by atoms with Gasteiger partial charge in [0.15, 0.2) is 0 Å². The van der Waals surface area contributed by atoms with Crippen LogP contribution in [0.3, 0.4) is 0 Å². The molecule has 0 aromatic heterocycles. The van der Waals surface area contributed by atoms with E-state index in [1.54, 1.807) is 0 Å². The molecule has 1 aliphatic rings. The van der Waals surface area contributed by atoms with Crippen molar-refractivity contribution in [2.45, 2.75) is 65.0 Å². The maximum atomic E-state index is 5.96. The molecule has 0 bridgehead atoms. The molecule has 0 aromatic rings. The molecule has 2 heteroatoms. The van der Waals surface area contributed by atoms with Crippen molar-refractivity contribution < 1.29 is 4.74 Å². The summed E-state index contributed by atoms with van der Waals surface area (Å²) in [5.74, 6) is 1.57. The lowest BCUT2D eigenvalue weighted by atomic mass is 9.99. The molecule has 0 aliphatic heterocycles. The van der Waals surface area contributed by atoms with Crippen LogP contribution in [0.25, 0.3) is 0 Å². The first-order valence-corrected chi connectivity index (χ1v) is 6.92. The van der Waals surface area contributed by atoms with Crippen LogP contribution in [0.1, 0.15) is 52.9 Å². The summed E-state index contributed by atoms with van der Waals surface area (Å²) in [5.41, 5.74) is 0. The molecule has 2 atom stereocenters. The van der Waals surface area contributed by atoms with Crippen molar-refractivity contribution in [3.8, 4) is 0 Å². The van der Waals surface area contributed by atoms with Crippen LogP contribution in [0.5, 0.6) is 0 Å². The van der Waals surface area contributed by atoms with Crippen molar-refractivity contribution in [2.24, 2.45) is 11.8 Å². The third-order valence-corrected chi connectivity index (χ3v) is 3.70. The SMILES string of the molecule is CNC(COC(C)CC(C)C)C1CCCC1. The predicted molar refractivity (Wildman–Crippen MR) is 69.7 cm³/mol. The number of hydrogen-bond donors (Lipinski definition) is 1. The largest absolute Gasteiger partial charge is 0.377 e. The van der Waals surface area contributed by atoms with Crippen molar-refractivity contribution in [2.75, 3.05) is 13.7 Å². The maximum Gasteiger partial charge on any atom is 0.0625 e. The van der Waals surface area contributed by atoms with Gasteiger partial charge in [0.05, 0.1) is 12.7 Å². The molecular formula is C14H29NO. The topological polar surface area (TPSA) is 21.3 Å². The van der Waals surface area contributed by atoms with E-state index in [-0.39, 0.29) is 0 Å². The first kappa shape index (κ1) is 14.0. The van der Waals surface area contributed by atoms with Crippen molar-refractivity contribution in [3.63, 3.8) is 0 Å². The van der Waals surface area contributed by atoms with E-state index in [9.17, 15) is 0 Å². The Morgan fingerprint density at radius 2 is 1.81 bits per heavy atom. The van der Waals surface area contributed by atoms with Gasteiger partial charge >= 0.3 is 0 Å². The molecule has 1 fully saturated rings. The predicted octanol–water partition coefficient (Wildman–Crippen LogP) is 3.22. The Kier molecular flexibility index (Phi) is 6.37. The summed E-state index contributed by atoms with van der Waals surface area (Å²) in [5, 5.41) is 3.43. The number of ether oxygens (including phenoxy) is 1. The lowest BCUT2D eigenvalue weighted by Crippen LogP contribution is -2.37. The van der Waals surface area contributed by atoms with Crippen LogP contribution in [0.15, 0.2) is 0 Å². The van der Waals surface area contributed by atoms with E-state index >= 15 is 0 Å². The quantitative estimate of drug-likeness (QED) is 0.721. The van der Waals surface area contributed by atoms with E-state index in [2.05, 4.69) is 33.1 Å². The number of rotatable bonds is 7. The third-order valence-electron chi connectivity index (χ3n) is 3.70. The Balaban J connectivity index is 2.22. The molecule has 0 spiro atoms. The first-order chi connectivity index (χ1) is 7.63. The van der Waals surface area contributed by atoms with Crippen molar-refractivity contribution in [1.29, 1.82) is 0 Å². The smallest absolute Gasteiger partial charge is 0.0625 e. The molecule has 16 heavy (non-hydrogen) atoms. The summed E-state index contributed by atoms with van der Waals surface area (Å²) in [4.78, 5) is 0. The highest BCUT2D eigenvalue weighted by Crippen LogP contribution is 2.28. The second-order valence-electron chi connectivity index (χ2n) is 5.71. The normalized spacial score (nSPS) is 21.6. The average molecular weight is 227 g/mol. The van der Waals surface area contributed by atoms with Gasteiger partial charge in [0.2, 0.25) is 0 Å². The lowest BCUT2D eigenvalue weighted by molar-refractivity contribution is 0.0285. The van der Waals surface area contributed by atoms with Crippen LogP contribution in [0.2, 0.25) is 0 Å². The third kappa shape index (κ3) is 4.84. The van der Waals surface area contributed by atoms with Crippen LogP contribution in [0.4, 0.5) is 0 Å². The minimum Gasteiger partial charge on any atom is -0.377 e. The van der Waals surface area contributed by atoms with E-state index in [0.29, 0.717) is 12.1 Å². The molecule has 1 rings (SSSR count). The van der Waals surface area contributed by atoms with Crippen molar-refractivity contribution in [3.05, 3.63) is 0 Å². The highest BCUT2D eigenvalue weighted by Gasteiger charge is 2.24. The highest BCUT2D eigenvalue weighted by atomic mass is 16.5. The summed E-state index contributed by atoms with van der Waals surface area (Å²) in [6.07, 6.45) is 7.15. The zero-order valence-corrected chi connectivity index (χ0v) is 11.5. The molecule has 0 saturated heterocycles. The van der Waals surface area contributed by atoms with Gasteiger partial charge in [0.25, 0.3) is 0 Å². The van der Waals surface area contributed by atoms with Gasteiger partial charge in [-0.2, -0.15) is 0 Å². The Labute approximate surface area is 101 Å². The summed E-state index contributed by atoms with van der Waals surface area (Å²) < 4.78 is 5.96. The Bertz CT molecular complexity index is 176. The van der Waals surface area contributed by atoms with Gasteiger partial charge in [-0.15, -0.1) is 0 Å². The van der Waals surface area contributed by atoms with Crippen LogP contribution < -0.4 is 5.32 Å². The van der Waals surface area contributed by atoms with Gasteiger partial charge in [-0.25, -0.2) is 0 Å². The summed E-state index contributed by atoms with van der Waals surface area (Å²) in [6.45, 7) is 7.59. The standard InChI is InChI=1S/C14H29NO/c1-11(2)9-12(3)16-10-14(15-4)13-7-5-6-8-13/h11-15H,5-10H2,1-4H3. The summed E-state index contributed by atoms with van der Waals surface area (Å²) >= 11 is 0. The van der Waals surface area contributed by atoms with Gasteiger partial charge in [-0.05, 0) is 45.1 Å². The second kappa shape index (κ2) is 7.29. The second-order valence-corrected chi connectivity index (χ2v) is 5.71. The molecule has 1 aliphatic carbocycles. The Morgan fingerprint density at radius 3 is 2.31 bits per heavy atom.